The topological polar surface area (TPSA) is 56.1 Å². The Bertz CT molecular complexity index is 1200. The number of nitrogens with one attached hydrogen (secondary N) is 1. The van der Waals surface area contributed by atoms with Crippen LogP contribution in [-0.2, 0) is 13.2 Å². The second kappa shape index (κ2) is 9.49. The SMILES string of the molecule is Cc1cccc(OCc2csc(C(=O)Nc3cnn(Cc4ccc(Br)cc4)c3)c2)c1C. The number of hydrogen-bond donors (Lipinski definition) is 1. The maximum Gasteiger partial charge on any atom is 0.265 e. The number of amides is 1. The van der Waals surface area contributed by atoms with Crippen molar-refractivity contribution in [1.29, 1.82) is 0 Å². The standard InChI is InChI=1S/C24H22BrN3O2S/c1-16-4-3-5-22(17(16)2)30-14-19-10-23(31-15-19)24(29)27-21-11-26-28(13-21)12-18-6-8-20(25)9-7-18/h3-11,13,15H,12,14H2,1-2H3,(H,27,29). The van der Waals surface area contributed by atoms with Gasteiger partial charge in [-0.15, -0.1) is 11.3 Å². The molecule has 0 aliphatic rings. The van der Waals surface area contributed by atoms with Gasteiger partial charge in [-0.3, -0.25) is 9.48 Å². The molecule has 1 N–H and O–H groups in total. The van der Waals surface area contributed by atoms with Crippen molar-refractivity contribution in [2.45, 2.75) is 27.0 Å². The Morgan fingerprint density at radius 2 is 1.97 bits per heavy atom. The molecule has 0 unspecified atom stereocenters. The van der Waals surface area contributed by atoms with Gasteiger partial charge < -0.3 is 10.1 Å². The van der Waals surface area contributed by atoms with Crippen LogP contribution in [-0.4, -0.2) is 15.7 Å². The van der Waals surface area contributed by atoms with Gasteiger partial charge in [0.05, 0.1) is 23.3 Å². The van der Waals surface area contributed by atoms with Gasteiger partial charge in [0, 0.05) is 16.2 Å². The van der Waals surface area contributed by atoms with E-state index in [1.54, 1.807) is 10.9 Å². The van der Waals surface area contributed by atoms with E-state index in [-0.39, 0.29) is 5.91 Å². The Balaban J connectivity index is 1.34. The van der Waals surface area contributed by atoms with Crippen LogP contribution in [0.5, 0.6) is 5.75 Å². The van der Waals surface area contributed by atoms with E-state index in [1.807, 2.05) is 61.0 Å². The molecule has 5 nitrogen and oxygen atoms in total. The highest BCUT2D eigenvalue weighted by Crippen LogP contribution is 2.23. The van der Waals surface area contributed by atoms with Crippen molar-refractivity contribution >= 4 is 38.9 Å². The summed E-state index contributed by atoms with van der Waals surface area (Å²) in [4.78, 5) is 13.3. The van der Waals surface area contributed by atoms with Crippen LogP contribution in [0.3, 0.4) is 0 Å². The maximum atomic E-state index is 12.6. The molecule has 0 aliphatic carbocycles. The van der Waals surface area contributed by atoms with E-state index >= 15 is 0 Å². The number of aryl methyl sites for hydroxylation is 1. The average molecular weight is 496 g/mol. The molecule has 158 valence electrons. The molecule has 0 radical (unpaired) electrons. The van der Waals surface area contributed by atoms with Crippen LogP contribution < -0.4 is 10.1 Å². The summed E-state index contributed by atoms with van der Waals surface area (Å²) in [5, 5.41) is 9.21. The summed E-state index contributed by atoms with van der Waals surface area (Å²) in [7, 11) is 0. The number of ether oxygens (including phenoxy) is 1. The minimum atomic E-state index is -0.147. The Labute approximate surface area is 193 Å². The minimum Gasteiger partial charge on any atom is -0.489 e. The monoisotopic (exact) mass is 495 g/mol. The maximum absolute atomic E-state index is 12.6. The molecule has 0 saturated carbocycles. The molecule has 0 atom stereocenters. The second-order valence-electron chi connectivity index (χ2n) is 7.31. The number of nitrogens with zero attached hydrogens (tertiary/aromatic N) is 2. The Morgan fingerprint density at radius 3 is 2.77 bits per heavy atom. The lowest BCUT2D eigenvalue weighted by atomic mass is 10.1. The number of halogens is 1. The fourth-order valence-electron chi connectivity index (χ4n) is 3.10. The Morgan fingerprint density at radius 1 is 1.16 bits per heavy atom. The van der Waals surface area contributed by atoms with E-state index in [0.29, 0.717) is 23.7 Å². The Hall–Kier alpha value is -2.90. The number of thiophene rings is 1. The van der Waals surface area contributed by atoms with Gasteiger partial charge in [-0.1, -0.05) is 40.2 Å². The zero-order valence-electron chi connectivity index (χ0n) is 17.3. The van der Waals surface area contributed by atoms with Crippen LogP contribution in [0.4, 0.5) is 5.69 Å². The van der Waals surface area contributed by atoms with Crippen LogP contribution in [0, 0.1) is 13.8 Å². The van der Waals surface area contributed by atoms with Gasteiger partial charge in [-0.2, -0.15) is 5.10 Å². The molecule has 0 saturated heterocycles. The van der Waals surface area contributed by atoms with E-state index in [9.17, 15) is 4.79 Å². The Kier molecular flexibility index (Phi) is 6.53. The van der Waals surface area contributed by atoms with Crippen molar-refractivity contribution in [3.63, 3.8) is 0 Å². The number of anilines is 1. The summed E-state index contributed by atoms with van der Waals surface area (Å²) in [5.41, 5.74) is 5.11. The zero-order valence-corrected chi connectivity index (χ0v) is 19.7. The van der Waals surface area contributed by atoms with E-state index in [2.05, 4.69) is 39.3 Å². The largest absolute Gasteiger partial charge is 0.489 e. The highest BCUT2D eigenvalue weighted by Gasteiger charge is 2.12. The van der Waals surface area contributed by atoms with Gasteiger partial charge in [0.25, 0.3) is 5.91 Å². The number of carbonyl (C=O) groups is 1. The van der Waals surface area contributed by atoms with Gasteiger partial charge >= 0.3 is 0 Å². The lowest BCUT2D eigenvalue weighted by molar-refractivity contribution is 0.103. The molecule has 2 aromatic heterocycles. The van der Waals surface area contributed by atoms with Crippen molar-refractivity contribution in [2.24, 2.45) is 0 Å². The van der Waals surface area contributed by atoms with Crippen molar-refractivity contribution in [3.8, 4) is 5.75 Å². The van der Waals surface area contributed by atoms with E-state index in [0.717, 1.165) is 26.9 Å². The van der Waals surface area contributed by atoms with Crippen LogP contribution in [0.2, 0.25) is 0 Å². The first-order valence-corrected chi connectivity index (χ1v) is 11.5. The third-order valence-corrected chi connectivity index (χ3v) is 6.48. The fourth-order valence-corrected chi connectivity index (χ4v) is 4.15. The van der Waals surface area contributed by atoms with Gasteiger partial charge in [0.2, 0.25) is 0 Å². The third kappa shape index (κ3) is 5.42. The van der Waals surface area contributed by atoms with E-state index < -0.39 is 0 Å². The van der Waals surface area contributed by atoms with Crippen LogP contribution >= 0.6 is 27.3 Å². The van der Waals surface area contributed by atoms with E-state index in [1.165, 1.54) is 16.9 Å². The predicted molar refractivity (Wildman–Crippen MR) is 128 cm³/mol. The zero-order chi connectivity index (χ0) is 21.8. The second-order valence-corrected chi connectivity index (χ2v) is 9.14. The van der Waals surface area contributed by atoms with Gasteiger partial charge in [0.1, 0.15) is 12.4 Å². The molecule has 0 bridgehead atoms. The molecule has 1 amide bonds. The molecule has 0 fully saturated rings. The fraction of sp³-hybridized carbons (Fsp3) is 0.167. The molecule has 0 spiro atoms. The molecular formula is C24H22BrN3O2S. The molecule has 31 heavy (non-hydrogen) atoms. The summed E-state index contributed by atoms with van der Waals surface area (Å²) in [6.07, 6.45) is 3.49. The minimum absolute atomic E-state index is 0.147. The summed E-state index contributed by atoms with van der Waals surface area (Å²) in [5.74, 6) is 0.724. The van der Waals surface area contributed by atoms with Crippen LogP contribution in [0.25, 0.3) is 0 Å². The number of rotatable bonds is 7. The van der Waals surface area contributed by atoms with Gasteiger partial charge in [0.15, 0.2) is 0 Å². The molecule has 7 heteroatoms. The smallest absolute Gasteiger partial charge is 0.265 e. The summed E-state index contributed by atoms with van der Waals surface area (Å²) in [6.45, 7) is 5.19. The number of aromatic nitrogens is 2. The molecule has 4 aromatic rings. The summed E-state index contributed by atoms with van der Waals surface area (Å²) >= 11 is 4.84. The average Bonchev–Trinajstić information content (AvgIpc) is 3.40. The van der Waals surface area contributed by atoms with Crippen molar-refractivity contribution in [2.75, 3.05) is 5.32 Å². The third-order valence-electron chi connectivity index (χ3n) is 4.98. The molecule has 0 aliphatic heterocycles. The lowest BCUT2D eigenvalue weighted by Gasteiger charge is -2.09. The highest BCUT2D eigenvalue weighted by molar-refractivity contribution is 9.10. The summed E-state index contributed by atoms with van der Waals surface area (Å²) in [6, 6.07) is 16.0. The van der Waals surface area contributed by atoms with Crippen molar-refractivity contribution in [3.05, 3.63) is 97.9 Å². The first-order valence-electron chi connectivity index (χ1n) is 9.82. The first kappa shape index (κ1) is 21.3. The molecule has 4 rings (SSSR count). The van der Waals surface area contributed by atoms with Crippen LogP contribution in [0.1, 0.15) is 31.9 Å². The number of carbonyl (C=O) groups excluding carboxylic acids is 1. The quantitative estimate of drug-likeness (QED) is 0.331. The van der Waals surface area contributed by atoms with Crippen molar-refractivity contribution < 1.29 is 9.53 Å². The molecule has 2 heterocycles. The van der Waals surface area contributed by atoms with Gasteiger partial charge in [-0.05, 0) is 60.2 Å². The first-order chi connectivity index (χ1) is 15.0. The molecular weight excluding hydrogens is 474 g/mol. The lowest BCUT2D eigenvalue weighted by Crippen LogP contribution is -2.09. The summed E-state index contributed by atoms with van der Waals surface area (Å²) < 4.78 is 8.78. The van der Waals surface area contributed by atoms with Crippen LogP contribution in [0.15, 0.2) is 70.8 Å². The number of hydrogen-bond acceptors (Lipinski definition) is 4. The predicted octanol–water partition coefficient (Wildman–Crippen LogP) is 6.20. The molecule has 2 aromatic carbocycles. The van der Waals surface area contributed by atoms with Crippen molar-refractivity contribution in [1.82, 2.24) is 9.78 Å². The highest BCUT2D eigenvalue weighted by atomic mass is 79.9. The van der Waals surface area contributed by atoms with Gasteiger partial charge in [-0.25, -0.2) is 0 Å². The number of benzene rings is 2. The van der Waals surface area contributed by atoms with E-state index in [4.69, 9.17) is 4.74 Å². The normalized spacial score (nSPS) is 10.8.